The molecule has 4 nitrogen and oxygen atoms in total. The number of nitrogens with zero attached hydrogens (tertiary/aromatic N) is 3. The van der Waals surface area contributed by atoms with E-state index in [-0.39, 0.29) is 5.91 Å². The highest BCUT2D eigenvalue weighted by Gasteiger charge is 2.23. The van der Waals surface area contributed by atoms with Crippen LogP contribution in [0, 0.1) is 6.92 Å². The van der Waals surface area contributed by atoms with Crippen LogP contribution in [0.1, 0.15) is 38.8 Å². The van der Waals surface area contributed by atoms with Crippen LogP contribution in [0.4, 0.5) is 0 Å². The van der Waals surface area contributed by atoms with Gasteiger partial charge in [-0.1, -0.05) is 0 Å². The van der Waals surface area contributed by atoms with Crippen molar-refractivity contribution in [1.82, 2.24) is 14.9 Å². The average Bonchev–Trinajstić information content (AvgIpc) is 3.15. The first-order valence-corrected chi connectivity index (χ1v) is 8.20. The molecule has 2 aromatic rings. The van der Waals surface area contributed by atoms with Crippen LogP contribution in [0.25, 0.3) is 0 Å². The maximum absolute atomic E-state index is 12.4. The fourth-order valence-corrected chi connectivity index (χ4v) is 3.65. The molecule has 0 atom stereocenters. The lowest BCUT2D eigenvalue weighted by atomic mass is 10.1. The van der Waals surface area contributed by atoms with E-state index in [1.165, 1.54) is 5.56 Å². The van der Waals surface area contributed by atoms with Gasteiger partial charge in [0.25, 0.3) is 5.91 Å². The molecular weight excluding hydrogens is 282 g/mol. The Morgan fingerprint density at radius 2 is 1.95 bits per heavy atom. The Morgan fingerprint density at radius 3 is 2.67 bits per heavy atom. The molecule has 0 aliphatic carbocycles. The van der Waals surface area contributed by atoms with E-state index in [0.29, 0.717) is 0 Å². The Labute approximate surface area is 128 Å². The quantitative estimate of drug-likeness (QED) is 0.872. The minimum Gasteiger partial charge on any atom is -0.338 e. The molecule has 1 amide bonds. The Morgan fingerprint density at radius 1 is 1.24 bits per heavy atom. The lowest BCUT2D eigenvalue weighted by Crippen LogP contribution is -2.27. The maximum atomic E-state index is 12.4. The molecule has 0 saturated carbocycles. The molecule has 0 bridgehead atoms. The zero-order valence-electron chi connectivity index (χ0n) is 12.2. The molecule has 1 aliphatic heterocycles. The SMILES string of the molecule is Cc1nc(CCc2ccncc2)sc1C(=O)N1CCCC1. The number of carbonyl (C=O) groups is 1. The van der Waals surface area contributed by atoms with Gasteiger partial charge in [0.1, 0.15) is 4.88 Å². The Kier molecular flexibility index (Phi) is 4.29. The molecule has 3 heterocycles. The molecule has 5 heteroatoms. The van der Waals surface area contributed by atoms with Gasteiger partial charge in [-0.25, -0.2) is 4.98 Å². The summed E-state index contributed by atoms with van der Waals surface area (Å²) in [4.78, 5) is 23.8. The second kappa shape index (κ2) is 6.35. The summed E-state index contributed by atoms with van der Waals surface area (Å²) in [5.74, 6) is 0.165. The number of pyridine rings is 1. The minimum atomic E-state index is 0.165. The van der Waals surface area contributed by atoms with Gasteiger partial charge in [-0.2, -0.15) is 0 Å². The first-order chi connectivity index (χ1) is 10.2. The summed E-state index contributed by atoms with van der Waals surface area (Å²) in [5.41, 5.74) is 2.13. The van der Waals surface area contributed by atoms with Crippen LogP contribution < -0.4 is 0 Å². The number of amides is 1. The van der Waals surface area contributed by atoms with Crippen molar-refractivity contribution in [3.63, 3.8) is 0 Å². The Bertz CT molecular complexity index is 618. The van der Waals surface area contributed by atoms with E-state index in [1.54, 1.807) is 11.3 Å². The van der Waals surface area contributed by atoms with Gasteiger partial charge in [-0.3, -0.25) is 9.78 Å². The third kappa shape index (κ3) is 3.29. The van der Waals surface area contributed by atoms with E-state index in [0.717, 1.165) is 54.4 Å². The van der Waals surface area contributed by atoms with Crippen molar-refractivity contribution in [1.29, 1.82) is 0 Å². The molecule has 0 unspecified atom stereocenters. The van der Waals surface area contributed by atoms with Crippen LogP contribution in [0.3, 0.4) is 0 Å². The number of carbonyl (C=O) groups excluding carboxylic acids is 1. The molecule has 1 fully saturated rings. The van der Waals surface area contributed by atoms with Gasteiger partial charge in [-0.15, -0.1) is 11.3 Å². The standard InChI is InChI=1S/C16H19N3OS/c1-12-15(16(20)19-10-2-3-11-19)21-14(18-12)5-4-13-6-8-17-9-7-13/h6-9H,2-5,10-11H2,1H3. The van der Waals surface area contributed by atoms with E-state index in [2.05, 4.69) is 9.97 Å². The van der Waals surface area contributed by atoms with Crippen molar-refractivity contribution in [3.05, 3.63) is 45.7 Å². The molecule has 1 saturated heterocycles. The van der Waals surface area contributed by atoms with Crippen molar-refractivity contribution in [2.24, 2.45) is 0 Å². The molecule has 3 rings (SSSR count). The molecular formula is C16H19N3OS. The summed E-state index contributed by atoms with van der Waals surface area (Å²) in [7, 11) is 0. The van der Waals surface area contributed by atoms with Crippen molar-refractivity contribution in [3.8, 4) is 0 Å². The molecule has 0 N–H and O–H groups in total. The number of likely N-dealkylation sites (tertiary alicyclic amines) is 1. The summed E-state index contributed by atoms with van der Waals surface area (Å²) < 4.78 is 0. The minimum absolute atomic E-state index is 0.165. The van der Waals surface area contributed by atoms with Gasteiger partial charge in [0.05, 0.1) is 10.7 Å². The largest absolute Gasteiger partial charge is 0.338 e. The third-order valence-corrected chi connectivity index (χ3v) is 5.01. The lowest BCUT2D eigenvalue weighted by molar-refractivity contribution is 0.0796. The zero-order chi connectivity index (χ0) is 14.7. The monoisotopic (exact) mass is 301 g/mol. The molecule has 2 aromatic heterocycles. The molecule has 21 heavy (non-hydrogen) atoms. The van der Waals surface area contributed by atoms with Crippen molar-refractivity contribution >= 4 is 17.2 Å². The van der Waals surface area contributed by atoms with E-state index in [1.807, 2.05) is 36.4 Å². The fourth-order valence-electron chi connectivity index (χ4n) is 2.62. The molecule has 0 radical (unpaired) electrons. The Balaban J connectivity index is 1.67. The van der Waals surface area contributed by atoms with E-state index in [9.17, 15) is 4.79 Å². The number of rotatable bonds is 4. The van der Waals surface area contributed by atoms with Crippen molar-refractivity contribution in [2.75, 3.05) is 13.1 Å². The van der Waals surface area contributed by atoms with Crippen LogP contribution in [-0.2, 0) is 12.8 Å². The number of aromatic nitrogens is 2. The van der Waals surface area contributed by atoms with Gasteiger partial charge < -0.3 is 4.90 Å². The van der Waals surface area contributed by atoms with Gasteiger partial charge in [0, 0.05) is 31.9 Å². The second-order valence-electron chi connectivity index (χ2n) is 5.38. The van der Waals surface area contributed by atoms with E-state index in [4.69, 9.17) is 0 Å². The topological polar surface area (TPSA) is 46.1 Å². The fraction of sp³-hybridized carbons (Fsp3) is 0.438. The summed E-state index contributed by atoms with van der Waals surface area (Å²) >= 11 is 1.56. The molecule has 0 spiro atoms. The van der Waals surface area contributed by atoms with Gasteiger partial charge in [0.15, 0.2) is 0 Å². The zero-order valence-corrected chi connectivity index (χ0v) is 13.0. The lowest BCUT2D eigenvalue weighted by Gasteiger charge is -2.13. The number of thiazole rings is 1. The summed E-state index contributed by atoms with van der Waals surface area (Å²) in [6.45, 7) is 3.72. The smallest absolute Gasteiger partial charge is 0.265 e. The van der Waals surface area contributed by atoms with E-state index >= 15 is 0 Å². The molecule has 1 aliphatic rings. The normalized spacial score (nSPS) is 14.6. The summed E-state index contributed by atoms with van der Waals surface area (Å²) in [6.07, 6.45) is 7.68. The van der Waals surface area contributed by atoms with Gasteiger partial charge in [-0.05, 0) is 43.9 Å². The predicted octanol–water partition coefficient (Wildman–Crippen LogP) is 2.87. The van der Waals surface area contributed by atoms with Crippen LogP contribution in [-0.4, -0.2) is 33.9 Å². The summed E-state index contributed by atoms with van der Waals surface area (Å²) in [5, 5.41) is 1.05. The Hall–Kier alpha value is -1.75. The van der Waals surface area contributed by atoms with Crippen LogP contribution in [0.5, 0.6) is 0 Å². The first kappa shape index (κ1) is 14.2. The molecule has 0 aromatic carbocycles. The highest BCUT2D eigenvalue weighted by Crippen LogP contribution is 2.23. The average molecular weight is 301 g/mol. The third-order valence-electron chi connectivity index (χ3n) is 3.81. The van der Waals surface area contributed by atoms with Gasteiger partial charge in [0.2, 0.25) is 0 Å². The number of hydrogen-bond donors (Lipinski definition) is 0. The predicted molar refractivity (Wildman–Crippen MR) is 83.6 cm³/mol. The van der Waals surface area contributed by atoms with Crippen LogP contribution in [0.2, 0.25) is 0 Å². The summed E-state index contributed by atoms with van der Waals surface area (Å²) in [6, 6.07) is 4.05. The maximum Gasteiger partial charge on any atom is 0.265 e. The van der Waals surface area contributed by atoms with Gasteiger partial charge >= 0.3 is 0 Å². The first-order valence-electron chi connectivity index (χ1n) is 7.38. The van der Waals surface area contributed by atoms with E-state index < -0.39 is 0 Å². The second-order valence-corrected chi connectivity index (χ2v) is 6.46. The van der Waals surface area contributed by atoms with Crippen molar-refractivity contribution in [2.45, 2.75) is 32.6 Å². The van der Waals surface area contributed by atoms with Crippen molar-refractivity contribution < 1.29 is 4.79 Å². The molecule has 110 valence electrons. The number of aryl methyl sites for hydroxylation is 3. The highest BCUT2D eigenvalue weighted by atomic mass is 32.1. The van der Waals surface area contributed by atoms with Crippen LogP contribution in [0.15, 0.2) is 24.5 Å². The highest BCUT2D eigenvalue weighted by molar-refractivity contribution is 7.13. The van der Waals surface area contributed by atoms with Crippen LogP contribution >= 0.6 is 11.3 Å². The number of hydrogen-bond acceptors (Lipinski definition) is 4.